The molecule has 0 saturated carbocycles. The van der Waals surface area contributed by atoms with Crippen LogP contribution in [0.3, 0.4) is 0 Å². The van der Waals surface area contributed by atoms with Gasteiger partial charge >= 0.3 is 0 Å². The second-order valence-corrected chi connectivity index (χ2v) is 7.82. The van der Waals surface area contributed by atoms with E-state index in [0.717, 1.165) is 31.5 Å². The highest BCUT2D eigenvalue weighted by Crippen LogP contribution is 2.30. The van der Waals surface area contributed by atoms with E-state index in [4.69, 9.17) is 4.74 Å². The van der Waals surface area contributed by atoms with Gasteiger partial charge in [0.1, 0.15) is 0 Å². The van der Waals surface area contributed by atoms with Crippen LogP contribution in [-0.2, 0) is 4.74 Å². The van der Waals surface area contributed by atoms with E-state index in [1.807, 2.05) is 7.11 Å². The normalized spacial score (nSPS) is 18.9. The molecule has 21 heavy (non-hydrogen) atoms. The fourth-order valence-electron chi connectivity index (χ4n) is 3.24. The zero-order valence-electron chi connectivity index (χ0n) is 15.1. The number of methoxy groups -OCH3 is 1. The molecule has 3 nitrogen and oxygen atoms in total. The molecule has 0 aromatic heterocycles. The van der Waals surface area contributed by atoms with E-state index in [1.54, 1.807) is 0 Å². The predicted octanol–water partition coefficient (Wildman–Crippen LogP) is 3.40. The van der Waals surface area contributed by atoms with Crippen LogP contribution < -0.4 is 5.32 Å². The Bertz CT molecular complexity index is 242. The molecule has 0 aromatic carbocycles. The maximum Gasteiger partial charge on any atom is 0.0531 e. The first-order chi connectivity index (χ1) is 9.97. The lowest BCUT2D eigenvalue weighted by Gasteiger charge is -2.41. The fourth-order valence-corrected chi connectivity index (χ4v) is 3.24. The van der Waals surface area contributed by atoms with Gasteiger partial charge in [0.25, 0.3) is 0 Å². The zero-order valence-corrected chi connectivity index (χ0v) is 15.1. The number of ether oxygens (including phenoxy) is 1. The van der Waals surface area contributed by atoms with Crippen LogP contribution in [0.5, 0.6) is 0 Å². The molecular formula is C18H38N2O. The van der Waals surface area contributed by atoms with Crippen molar-refractivity contribution in [3.8, 4) is 0 Å². The third-order valence-electron chi connectivity index (χ3n) is 4.72. The van der Waals surface area contributed by atoms with E-state index < -0.39 is 0 Å². The second-order valence-electron chi connectivity index (χ2n) is 7.82. The molecule has 1 rings (SSSR count). The summed E-state index contributed by atoms with van der Waals surface area (Å²) >= 11 is 0. The maximum absolute atomic E-state index is 5.58. The molecule has 0 amide bonds. The smallest absolute Gasteiger partial charge is 0.0531 e. The van der Waals surface area contributed by atoms with Crippen LogP contribution in [0.25, 0.3) is 0 Å². The van der Waals surface area contributed by atoms with Crippen LogP contribution in [0.4, 0.5) is 0 Å². The highest BCUT2D eigenvalue weighted by atomic mass is 16.5. The summed E-state index contributed by atoms with van der Waals surface area (Å²) in [5.74, 6) is 1.58. The van der Waals surface area contributed by atoms with Gasteiger partial charge in [-0.25, -0.2) is 0 Å². The van der Waals surface area contributed by atoms with Gasteiger partial charge < -0.3 is 15.0 Å². The zero-order chi connectivity index (χ0) is 15.7. The minimum absolute atomic E-state index is 0.369. The van der Waals surface area contributed by atoms with E-state index in [0.29, 0.717) is 5.41 Å². The lowest BCUT2D eigenvalue weighted by Crippen LogP contribution is -2.48. The highest BCUT2D eigenvalue weighted by molar-refractivity contribution is 4.87. The Morgan fingerprint density at radius 2 is 1.52 bits per heavy atom. The molecule has 0 aromatic rings. The summed E-state index contributed by atoms with van der Waals surface area (Å²) in [7, 11) is 1.86. The third kappa shape index (κ3) is 7.62. The molecule has 0 unspecified atom stereocenters. The number of piperidine rings is 1. The summed E-state index contributed by atoms with van der Waals surface area (Å²) in [6.45, 7) is 16.2. The van der Waals surface area contributed by atoms with Crippen molar-refractivity contribution in [2.75, 3.05) is 46.4 Å². The third-order valence-corrected chi connectivity index (χ3v) is 4.72. The lowest BCUT2D eigenvalue weighted by molar-refractivity contribution is 0.0202. The molecule has 0 spiro atoms. The number of hydrogen-bond acceptors (Lipinski definition) is 3. The van der Waals surface area contributed by atoms with Gasteiger partial charge in [-0.05, 0) is 63.7 Å². The molecule has 1 aliphatic rings. The quantitative estimate of drug-likeness (QED) is 0.669. The van der Waals surface area contributed by atoms with Crippen LogP contribution in [0.1, 0.15) is 53.4 Å². The maximum atomic E-state index is 5.58. The summed E-state index contributed by atoms with van der Waals surface area (Å²) in [6.07, 6.45) is 5.11. The van der Waals surface area contributed by atoms with Crippen molar-refractivity contribution in [2.24, 2.45) is 17.3 Å². The molecule has 1 N–H and O–H groups in total. The fraction of sp³-hybridized carbons (Fsp3) is 1.00. The molecule has 0 aliphatic carbocycles. The van der Waals surface area contributed by atoms with Gasteiger partial charge in [0.2, 0.25) is 0 Å². The Morgan fingerprint density at radius 3 is 1.95 bits per heavy atom. The van der Waals surface area contributed by atoms with Crippen LogP contribution in [0, 0.1) is 17.3 Å². The van der Waals surface area contributed by atoms with E-state index in [2.05, 4.69) is 37.9 Å². The number of rotatable bonds is 10. The van der Waals surface area contributed by atoms with Crippen molar-refractivity contribution < 1.29 is 4.74 Å². The Hall–Kier alpha value is -0.120. The van der Waals surface area contributed by atoms with Crippen LogP contribution in [0.2, 0.25) is 0 Å². The standard InChI is InChI=1S/C18H38N2O/c1-16(2)6-12-20(13-7-17(3)4)14-18(15-21-5)8-10-19-11-9-18/h16-17,19H,6-15H2,1-5H3. The van der Waals surface area contributed by atoms with E-state index in [1.165, 1.54) is 45.3 Å². The minimum Gasteiger partial charge on any atom is -0.384 e. The van der Waals surface area contributed by atoms with Gasteiger partial charge in [0.15, 0.2) is 0 Å². The van der Waals surface area contributed by atoms with Gasteiger partial charge in [-0.2, -0.15) is 0 Å². The van der Waals surface area contributed by atoms with E-state index >= 15 is 0 Å². The number of nitrogens with zero attached hydrogens (tertiary/aromatic N) is 1. The van der Waals surface area contributed by atoms with Crippen LogP contribution in [0.15, 0.2) is 0 Å². The van der Waals surface area contributed by atoms with Gasteiger partial charge in [-0.3, -0.25) is 0 Å². The molecular weight excluding hydrogens is 260 g/mol. The van der Waals surface area contributed by atoms with Crippen LogP contribution in [-0.4, -0.2) is 51.3 Å². The van der Waals surface area contributed by atoms with Crippen molar-refractivity contribution in [1.82, 2.24) is 10.2 Å². The Morgan fingerprint density at radius 1 is 1.00 bits per heavy atom. The minimum atomic E-state index is 0.369. The summed E-state index contributed by atoms with van der Waals surface area (Å²) in [4.78, 5) is 2.71. The molecule has 3 heteroatoms. The monoisotopic (exact) mass is 298 g/mol. The summed E-state index contributed by atoms with van der Waals surface area (Å²) < 4.78 is 5.58. The molecule has 0 radical (unpaired) electrons. The van der Waals surface area contributed by atoms with Crippen molar-refractivity contribution in [2.45, 2.75) is 53.4 Å². The molecule has 126 valence electrons. The van der Waals surface area contributed by atoms with E-state index in [9.17, 15) is 0 Å². The van der Waals surface area contributed by atoms with E-state index in [-0.39, 0.29) is 0 Å². The second kappa shape index (κ2) is 9.81. The number of hydrogen-bond donors (Lipinski definition) is 1. The first kappa shape index (κ1) is 18.9. The van der Waals surface area contributed by atoms with Gasteiger partial charge in [-0.1, -0.05) is 27.7 Å². The lowest BCUT2D eigenvalue weighted by atomic mass is 9.79. The molecule has 0 atom stereocenters. The Balaban J connectivity index is 2.60. The molecule has 1 saturated heterocycles. The van der Waals surface area contributed by atoms with Gasteiger partial charge in [0.05, 0.1) is 6.61 Å². The molecule has 0 bridgehead atoms. The van der Waals surface area contributed by atoms with Crippen molar-refractivity contribution >= 4 is 0 Å². The van der Waals surface area contributed by atoms with Crippen molar-refractivity contribution in [3.63, 3.8) is 0 Å². The summed E-state index contributed by atoms with van der Waals surface area (Å²) in [6, 6.07) is 0. The van der Waals surface area contributed by atoms with Crippen LogP contribution >= 0.6 is 0 Å². The first-order valence-corrected chi connectivity index (χ1v) is 8.89. The Labute approximate surface area is 132 Å². The largest absolute Gasteiger partial charge is 0.384 e. The average molecular weight is 299 g/mol. The molecule has 1 fully saturated rings. The molecule has 1 aliphatic heterocycles. The van der Waals surface area contributed by atoms with Gasteiger partial charge in [-0.15, -0.1) is 0 Å². The number of nitrogens with one attached hydrogen (secondary N) is 1. The van der Waals surface area contributed by atoms with Crippen molar-refractivity contribution in [3.05, 3.63) is 0 Å². The topological polar surface area (TPSA) is 24.5 Å². The summed E-state index contributed by atoms with van der Waals surface area (Å²) in [5, 5.41) is 3.50. The predicted molar refractivity (Wildman–Crippen MR) is 91.8 cm³/mol. The molecule has 1 heterocycles. The first-order valence-electron chi connectivity index (χ1n) is 8.89. The van der Waals surface area contributed by atoms with Gasteiger partial charge in [0, 0.05) is 19.1 Å². The Kier molecular flexibility index (Phi) is 8.84. The highest BCUT2D eigenvalue weighted by Gasteiger charge is 2.33. The SMILES string of the molecule is COCC1(CN(CCC(C)C)CCC(C)C)CCNCC1. The average Bonchev–Trinajstić information content (AvgIpc) is 2.43. The van der Waals surface area contributed by atoms with Crippen molar-refractivity contribution in [1.29, 1.82) is 0 Å². The summed E-state index contributed by atoms with van der Waals surface area (Å²) in [5.41, 5.74) is 0.369.